The lowest BCUT2D eigenvalue weighted by molar-refractivity contribution is 0.149. The van der Waals surface area contributed by atoms with E-state index in [4.69, 9.17) is 0 Å². The second-order valence-corrected chi connectivity index (χ2v) is 7.06. The first-order valence-electron chi connectivity index (χ1n) is 9.06. The predicted molar refractivity (Wildman–Crippen MR) is 91.0 cm³/mol. The molecule has 0 amide bonds. The fourth-order valence-corrected chi connectivity index (χ4v) is 3.34. The number of unbranched alkanes of at least 4 members (excludes halogenated alkanes) is 4. The Morgan fingerprint density at radius 1 is 0.476 bits per heavy atom. The molecule has 2 aliphatic heterocycles. The third-order valence-corrected chi connectivity index (χ3v) is 5.14. The van der Waals surface area contributed by atoms with Crippen molar-refractivity contribution in [1.82, 2.24) is 19.6 Å². The van der Waals surface area contributed by atoms with Crippen LogP contribution in [0.3, 0.4) is 0 Å². The van der Waals surface area contributed by atoms with E-state index in [2.05, 4.69) is 33.7 Å². The molecule has 2 fully saturated rings. The highest BCUT2D eigenvalue weighted by molar-refractivity contribution is 4.70. The first-order valence-corrected chi connectivity index (χ1v) is 9.06. The monoisotopic (exact) mass is 296 g/mol. The first kappa shape index (κ1) is 17.2. The molecular weight excluding hydrogens is 260 g/mol. The molecule has 0 aromatic heterocycles. The van der Waals surface area contributed by atoms with E-state index in [1.54, 1.807) is 0 Å². The van der Waals surface area contributed by atoms with Crippen LogP contribution in [-0.2, 0) is 0 Å². The Labute approximate surface area is 132 Å². The van der Waals surface area contributed by atoms with Crippen LogP contribution in [0.2, 0.25) is 0 Å². The molecule has 0 unspecified atom stereocenters. The van der Waals surface area contributed by atoms with Crippen molar-refractivity contribution in [2.75, 3.05) is 79.5 Å². The minimum absolute atomic E-state index is 1.25. The van der Waals surface area contributed by atoms with Crippen LogP contribution in [0.4, 0.5) is 0 Å². The van der Waals surface area contributed by atoms with Gasteiger partial charge in [-0.2, -0.15) is 0 Å². The van der Waals surface area contributed by atoms with E-state index in [9.17, 15) is 0 Å². The highest BCUT2D eigenvalue weighted by atomic mass is 15.2. The molecule has 0 radical (unpaired) electrons. The van der Waals surface area contributed by atoms with Crippen molar-refractivity contribution < 1.29 is 0 Å². The number of piperazine rings is 2. The maximum Gasteiger partial charge on any atom is 0.0110 e. The minimum atomic E-state index is 1.25. The van der Waals surface area contributed by atoms with Crippen molar-refractivity contribution in [3.63, 3.8) is 0 Å². The average Bonchev–Trinajstić information content (AvgIpc) is 2.50. The van der Waals surface area contributed by atoms with Gasteiger partial charge in [0.25, 0.3) is 0 Å². The molecule has 4 nitrogen and oxygen atoms in total. The first-order chi connectivity index (χ1) is 10.2. The number of rotatable bonds is 8. The van der Waals surface area contributed by atoms with E-state index in [-0.39, 0.29) is 0 Å². The fraction of sp³-hybridized carbons (Fsp3) is 1.00. The lowest BCUT2D eigenvalue weighted by Crippen LogP contribution is -2.44. The summed E-state index contributed by atoms with van der Waals surface area (Å²) >= 11 is 0. The highest BCUT2D eigenvalue weighted by Crippen LogP contribution is 2.08. The Morgan fingerprint density at radius 2 is 0.810 bits per heavy atom. The van der Waals surface area contributed by atoms with Gasteiger partial charge in [0.05, 0.1) is 0 Å². The smallest absolute Gasteiger partial charge is 0.0110 e. The molecule has 0 aromatic rings. The van der Waals surface area contributed by atoms with Gasteiger partial charge in [-0.3, -0.25) is 0 Å². The summed E-state index contributed by atoms with van der Waals surface area (Å²) in [6, 6.07) is 0. The zero-order valence-electron chi connectivity index (χ0n) is 14.4. The van der Waals surface area contributed by atoms with Crippen molar-refractivity contribution in [3.8, 4) is 0 Å². The van der Waals surface area contributed by atoms with Crippen LogP contribution in [-0.4, -0.2) is 99.1 Å². The van der Waals surface area contributed by atoms with Gasteiger partial charge in [0.15, 0.2) is 0 Å². The van der Waals surface area contributed by atoms with Crippen LogP contribution in [0, 0.1) is 0 Å². The lowest BCUT2D eigenvalue weighted by Gasteiger charge is -2.32. The summed E-state index contributed by atoms with van der Waals surface area (Å²) in [5.41, 5.74) is 0. The summed E-state index contributed by atoms with van der Waals surface area (Å²) in [7, 11) is 4.47. The molecule has 0 aromatic carbocycles. The summed E-state index contributed by atoms with van der Waals surface area (Å²) in [5, 5.41) is 0. The molecule has 2 aliphatic rings. The molecular formula is C17H36N4. The Balaban J connectivity index is 1.37. The van der Waals surface area contributed by atoms with Crippen molar-refractivity contribution >= 4 is 0 Å². The van der Waals surface area contributed by atoms with Crippen LogP contribution in [0.25, 0.3) is 0 Å². The molecule has 0 spiro atoms. The maximum absolute atomic E-state index is 2.64. The standard InChI is InChI=1S/C17H36N4/c1-18-10-14-20(15-11-18)8-6-4-3-5-7-9-21-16-12-19(2)13-17-21/h3-17H2,1-2H3. The van der Waals surface area contributed by atoms with Gasteiger partial charge in [-0.05, 0) is 40.0 Å². The molecule has 0 N–H and O–H groups in total. The van der Waals surface area contributed by atoms with Gasteiger partial charge in [0.1, 0.15) is 0 Å². The highest BCUT2D eigenvalue weighted by Gasteiger charge is 2.13. The van der Waals surface area contributed by atoms with Crippen molar-refractivity contribution in [2.24, 2.45) is 0 Å². The Morgan fingerprint density at radius 3 is 1.19 bits per heavy atom. The third-order valence-electron chi connectivity index (χ3n) is 5.14. The van der Waals surface area contributed by atoms with Crippen molar-refractivity contribution in [2.45, 2.75) is 32.1 Å². The van der Waals surface area contributed by atoms with E-state index in [0.717, 1.165) is 0 Å². The molecule has 21 heavy (non-hydrogen) atoms. The number of hydrogen-bond donors (Lipinski definition) is 0. The van der Waals surface area contributed by atoms with E-state index < -0.39 is 0 Å². The summed E-state index contributed by atoms with van der Waals surface area (Å²) < 4.78 is 0. The molecule has 0 aliphatic carbocycles. The number of likely N-dealkylation sites (N-methyl/N-ethyl adjacent to an activating group) is 2. The summed E-state index contributed by atoms with van der Waals surface area (Å²) in [4.78, 5) is 10.2. The lowest BCUT2D eigenvalue weighted by atomic mass is 10.1. The second kappa shape index (κ2) is 9.78. The van der Waals surface area contributed by atoms with E-state index in [0.29, 0.717) is 0 Å². The molecule has 0 atom stereocenters. The maximum atomic E-state index is 2.64. The van der Waals surface area contributed by atoms with Gasteiger partial charge in [-0.15, -0.1) is 0 Å². The average molecular weight is 297 g/mol. The summed E-state index contributed by atoms with van der Waals surface area (Å²) in [6.07, 6.45) is 7.09. The molecule has 2 heterocycles. The van der Waals surface area contributed by atoms with Crippen LogP contribution in [0.5, 0.6) is 0 Å². The fourth-order valence-electron chi connectivity index (χ4n) is 3.34. The van der Waals surface area contributed by atoms with Gasteiger partial charge in [-0.1, -0.05) is 19.3 Å². The predicted octanol–water partition coefficient (Wildman–Crippen LogP) is 1.43. The van der Waals surface area contributed by atoms with Gasteiger partial charge in [0, 0.05) is 52.4 Å². The van der Waals surface area contributed by atoms with Crippen molar-refractivity contribution in [1.29, 1.82) is 0 Å². The normalized spacial score (nSPS) is 23.7. The SMILES string of the molecule is CN1CCN(CCCCCCCN2CCN(C)CC2)CC1. The molecule has 0 bridgehead atoms. The minimum Gasteiger partial charge on any atom is -0.304 e. The van der Waals surface area contributed by atoms with E-state index in [1.165, 1.54) is 97.6 Å². The zero-order valence-corrected chi connectivity index (χ0v) is 14.4. The summed E-state index contributed by atoms with van der Waals surface area (Å²) in [5.74, 6) is 0. The van der Waals surface area contributed by atoms with E-state index >= 15 is 0 Å². The number of nitrogens with zero attached hydrogens (tertiary/aromatic N) is 4. The van der Waals surface area contributed by atoms with Gasteiger partial charge < -0.3 is 19.6 Å². The quantitative estimate of drug-likeness (QED) is 0.628. The van der Waals surface area contributed by atoms with Crippen LogP contribution >= 0.6 is 0 Å². The van der Waals surface area contributed by atoms with Gasteiger partial charge in [-0.25, -0.2) is 0 Å². The van der Waals surface area contributed by atoms with E-state index in [1.807, 2.05) is 0 Å². The zero-order chi connectivity index (χ0) is 14.9. The molecule has 2 saturated heterocycles. The Bertz CT molecular complexity index is 230. The van der Waals surface area contributed by atoms with Crippen LogP contribution in [0.15, 0.2) is 0 Å². The molecule has 2 rings (SSSR count). The Kier molecular flexibility index (Phi) is 8.01. The Hall–Kier alpha value is -0.160. The largest absolute Gasteiger partial charge is 0.304 e. The van der Waals surface area contributed by atoms with Crippen LogP contribution in [0.1, 0.15) is 32.1 Å². The molecule has 0 saturated carbocycles. The number of hydrogen-bond acceptors (Lipinski definition) is 4. The molecule has 124 valence electrons. The topological polar surface area (TPSA) is 13.0 Å². The second-order valence-electron chi connectivity index (χ2n) is 7.06. The van der Waals surface area contributed by atoms with Crippen molar-refractivity contribution in [3.05, 3.63) is 0 Å². The third kappa shape index (κ3) is 7.09. The molecule has 4 heteroatoms. The van der Waals surface area contributed by atoms with Crippen LogP contribution < -0.4 is 0 Å². The van der Waals surface area contributed by atoms with Gasteiger partial charge in [0.2, 0.25) is 0 Å². The summed E-state index contributed by atoms with van der Waals surface area (Å²) in [6.45, 7) is 12.8. The van der Waals surface area contributed by atoms with Gasteiger partial charge >= 0.3 is 0 Å².